The van der Waals surface area contributed by atoms with E-state index in [1.807, 2.05) is 0 Å². The molecule has 0 rings (SSSR count). The summed E-state index contributed by atoms with van der Waals surface area (Å²) in [6, 6.07) is 0.922. The number of nitriles is 1. The van der Waals surface area contributed by atoms with Gasteiger partial charge in [0, 0.05) is 0 Å². The average molecular weight is 171 g/mol. The highest BCUT2D eigenvalue weighted by atomic mass is 19.3. The smallest absolute Gasteiger partial charge is 0.332 e. The lowest BCUT2D eigenvalue weighted by molar-refractivity contribution is -0.335. The van der Waals surface area contributed by atoms with Crippen molar-refractivity contribution in [1.29, 1.82) is 5.26 Å². The Morgan fingerprint density at radius 2 is 1.73 bits per heavy atom. The fourth-order valence-electron chi connectivity index (χ4n) is 0.342. The first-order valence-corrected chi connectivity index (χ1v) is 2.61. The quantitative estimate of drug-likeness (QED) is 0.637. The normalized spacial score (nSPS) is 15.7. The van der Waals surface area contributed by atoms with Gasteiger partial charge < -0.3 is 5.11 Å². The third kappa shape index (κ3) is 1.80. The summed E-state index contributed by atoms with van der Waals surface area (Å²) in [6.07, 6.45) is -5.14. The van der Waals surface area contributed by atoms with Crippen molar-refractivity contribution in [2.45, 2.75) is 19.0 Å². The van der Waals surface area contributed by atoms with Crippen molar-refractivity contribution in [1.82, 2.24) is 0 Å². The Bertz CT molecular complexity index is 180. The monoisotopic (exact) mass is 171 g/mol. The predicted octanol–water partition coefficient (Wildman–Crippen LogP) is 1.37. The Morgan fingerprint density at radius 3 is 1.82 bits per heavy atom. The predicted molar refractivity (Wildman–Crippen MR) is 26.9 cm³/mol. The summed E-state index contributed by atoms with van der Waals surface area (Å²) in [4.78, 5) is 0. The van der Waals surface area contributed by atoms with Gasteiger partial charge in [-0.1, -0.05) is 0 Å². The van der Waals surface area contributed by atoms with Gasteiger partial charge in [0.05, 0.1) is 6.07 Å². The van der Waals surface area contributed by atoms with Crippen LogP contribution in [-0.2, 0) is 0 Å². The SMILES string of the molecule is CC(C#N)C(F)(F)C(O)(F)F. The molecule has 0 aromatic carbocycles. The van der Waals surface area contributed by atoms with Gasteiger partial charge >= 0.3 is 12.0 Å². The summed E-state index contributed by atoms with van der Waals surface area (Å²) in [6.45, 7) is 0.601. The zero-order chi connectivity index (χ0) is 9.28. The zero-order valence-corrected chi connectivity index (χ0v) is 5.48. The number of nitrogens with zero attached hydrogens (tertiary/aromatic N) is 1. The van der Waals surface area contributed by atoms with Gasteiger partial charge in [0.25, 0.3) is 0 Å². The Hall–Kier alpha value is -0.830. The fourth-order valence-corrected chi connectivity index (χ4v) is 0.342. The molecule has 0 aliphatic rings. The number of halogens is 4. The first-order valence-electron chi connectivity index (χ1n) is 2.61. The van der Waals surface area contributed by atoms with Crippen LogP contribution in [0.2, 0.25) is 0 Å². The van der Waals surface area contributed by atoms with Crippen LogP contribution in [0.3, 0.4) is 0 Å². The molecule has 6 heteroatoms. The Morgan fingerprint density at radius 1 is 1.36 bits per heavy atom. The second kappa shape index (κ2) is 2.66. The van der Waals surface area contributed by atoms with Crippen molar-refractivity contribution >= 4 is 0 Å². The van der Waals surface area contributed by atoms with Crippen LogP contribution in [-0.4, -0.2) is 17.1 Å². The largest absolute Gasteiger partial charge is 0.418 e. The van der Waals surface area contributed by atoms with Crippen LogP contribution >= 0.6 is 0 Å². The van der Waals surface area contributed by atoms with Crippen LogP contribution in [0.1, 0.15) is 6.92 Å². The van der Waals surface area contributed by atoms with Crippen molar-refractivity contribution in [3.63, 3.8) is 0 Å². The molecule has 2 nitrogen and oxygen atoms in total. The van der Waals surface area contributed by atoms with Gasteiger partial charge in [-0.3, -0.25) is 0 Å². The fraction of sp³-hybridized carbons (Fsp3) is 0.800. The van der Waals surface area contributed by atoms with Gasteiger partial charge in [-0.2, -0.15) is 22.8 Å². The molecule has 1 N–H and O–H groups in total. The number of hydrogen-bond donors (Lipinski definition) is 1. The van der Waals surface area contributed by atoms with Crippen molar-refractivity contribution < 1.29 is 22.7 Å². The van der Waals surface area contributed by atoms with E-state index in [1.165, 1.54) is 0 Å². The highest BCUT2D eigenvalue weighted by Crippen LogP contribution is 2.37. The van der Waals surface area contributed by atoms with Gasteiger partial charge in [0.1, 0.15) is 5.92 Å². The number of rotatable bonds is 2. The van der Waals surface area contributed by atoms with Crippen molar-refractivity contribution in [3.05, 3.63) is 0 Å². The van der Waals surface area contributed by atoms with Crippen LogP contribution < -0.4 is 0 Å². The maximum Gasteiger partial charge on any atom is 0.418 e. The van der Waals surface area contributed by atoms with E-state index in [1.54, 1.807) is 0 Å². The van der Waals surface area contributed by atoms with E-state index < -0.39 is 17.9 Å². The van der Waals surface area contributed by atoms with E-state index in [2.05, 4.69) is 0 Å². The number of aliphatic hydroxyl groups is 1. The van der Waals surface area contributed by atoms with Crippen LogP contribution in [0.25, 0.3) is 0 Å². The standard InChI is InChI=1S/C5H5F4NO/c1-3(2-10)4(6,7)5(8,9)11/h3,11H,1H3. The molecule has 11 heavy (non-hydrogen) atoms. The van der Waals surface area contributed by atoms with E-state index in [9.17, 15) is 17.6 Å². The second-order valence-electron chi connectivity index (χ2n) is 2.01. The van der Waals surface area contributed by atoms with E-state index >= 15 is 0 Å². The minimum Gasteiger partial charge on any atom is -0.332 e. The van der Waals surface area contributed by atoms with E-state index in [-0.39, 0.29) is 0 Å². The molecule has 0 aromatic heterocycles. The molecule has 0 saturated carbocycles. The summed E-state index contributed by atoms with van der Waals surface area (Å²) in [7, 11) is 0. The second-order valence-corrected chi connectivity index (χ2v) is 2.01. The molecule has 0 fully saturated rings. The summed E-state index contributed by atoms with van der Waals surface area (Å²) < 4.78 is 47.4. The van der Waals surface area contributed by atoms with Gasteiger partial charge in [-0.05, 0) is 6.92 Å². The lowest BCUT2D eigenvalue weighted by Gasteiger charge is -2.22. The van der Waals surface area contributed by atoms with Crippen molar-refractivity contribution in [3.8, 4) is 6.07 Å². The van der Waals surface area contributed by atoms with Crippen LogP contribution in [0, 0.1) is 17.2 Å². The van der Waals surface area contributed by atoms with E-state index in [0.29, 0.717) is 6.92 Å². The van der Waals surface area contributed by atoms with Gasteiger partial charge in [0.2, 0.25) is 0 Å². The third-order valence-electron chi connectivity index (χ3n) is 1.14. The van der Waals surface area contributed by atoms with Gasteiger partial charge in [-0.25, -0.2) is 0 Å². The minimum atomic E-state index is -5.14. The average Bonchev–Trinajstić information content (AvgIpc) is 1.83. The van der Waals surface area contributed by atoms with Gasteiger partial charge in [-0.15, -0.1) is 0 Å². The Labute approximate surface area is 60.0 Å². The first-order chi connectivity index (χ1) is 4.73. The molecule has 0 spiro atoms. The lowest BCUT2D eigenvalue weighted by atomic mass is 10.1. The molecule has 64 valence electrons. The minimum absolute atomic E-state index is 0.601. The van der Waals surface area contributed by atoms with Crippen LogP contribution in [0.5, 0.6) is 0 Å². The molecular formula is C5H5F4NO. The Kier molecular flexibility index (Phi) is 2.46. The zero-order valence-electron chi connectivity index (χ0n) is 5.48. The molecule has 0 heterocycles. The summed E-state index contributed by atoms with van der Waals surface area (Å²) in [5.74, 6) is -6.91. The maximum atomic E-state index is 12.1. The lowest BCUT2D eigenvalue weighted by Crippen LogP contribution is -2.44. The highest BCUT2D eigenvalue weighted by molar-refractivity contribution is 4.94. The van der Waals surface area contributed by atoms with Gasteiger partial charge in [0.15, 0.2) is 0 Å². The number of alkyl halides is 4. The first kappa shape index (κ1) is 10.2. The maximum absolute atomic E-state index is 12.1. The molecule has 0 radical (unpaired) electrons. The molecule has 0 bridgehead atoms. The van der Waals surface area contributed by atoms with E-state index in [4.69, 9.17) is 10.4 Å². The number of hydrogen-bond acceptors (Lipinski definition) is 2. The van der Waals surface area contributed by atoms with Crippen LogP contribution in [0.4, 0.5) is 17.6 Å². The molecule has 1 unspecified atom stereocenters. The summed E-state index contributed by atoms with van der Waals surface area (Å²) in [5, 5.41) is 15.5. The molecule has 1 atom stereocenters. The van der Waals surface area contributed by atoms with E-state index in [0.717, 1.165) is 6.07 Å². The van der Waals surface area contributed by atoms with Crippen molar-refractivity contribution in [2.75, 3.05) is 0 Å². The van der Waals surface area contributed by atoms with Crippen LogP contribution in [0.15, 0.2) is 0 Å². The topological polar surface area (TPSA) is 44.0 Å². The highest BCUT2D eigenvalue weighted by Gasteiger charge is 2.59. The molecule has 0 aliphatic carbocycles. The molecule has 0 aliphatic heterocycles. The molecular weight excluding hydrogens is 166 g/mol. The molecule has 0 saturated heterocycles. The van der Waals surface area contributed by atoms with Crippen molar-refractivity contribution in [2.24, 2.45) is 5.92 Å². The molecule has 0 amide bonds. The molecule has 0 aromatic rings. The summed E-state index contributed by atoms with van der Waals surface area (Å²) in [5.41, 5.74) is 0. The third-order valence-corrected chi connectivity index (χ3v) is 1.14. The Balaban J connectivity index is 4.62. The summed E-state index contributed by atoms with van der Waals surface area (Å²) >= 11 is 0.